The number of aromatic nitrogens is 3. The number of nitrogens with one attached hydrogen (secondary N) is 1. The maximum absolute atomic E-state index is 11.8. The van der Waals surface area contributed by atoms with Gasteiger partial charge in [0.05, 0.1) is 12.3 Å². The number of amides is 1. The van der Waals surface area contributed by atoms with E-state index >= 15 is 0 Å². The Kier molecular flexibility index (Phi) is 6.51. The summed E-state index contributed by atoms with van der Waals surface area (Å²) in [6.45, 7) is 4.34. The van der Waals surface area contributed by atoms with E-state index in [2.05, 4.69) is 20.3 Å². The lowest BCUT2D eigenvalue weighted by atomic mass is 10.2. The first-order valence-electron chi connectivity index (χ1n) is 9.11. The molecule has 0 spiro atoms. The Labute approximate surface area is 163 Å². The largest absolute Gasteiger partial charge is 0.449 e. The summed E-state index contributed by atoms with van der Waals surface area (Å²) in [4.78, 5) is 24.6. The van der Waals surface area contributed by atoms with Gasteiger partial charge in [0, 0.05) is 35.9 Å². The van der Waals surface area contributed by atoms with Crippen LogP contribution in [0.25, 0.3) is 11.3 Å². The third-order valence-electron chi connectivity index (χ3n) is 3.96. The monoisotopic (exact) mass is 378 g/mol. The van der Waals surface area contributed by atoms with E-state index in [4.69, 9.17) is 9.47 Å². The summed E-state index contributed by atoms with van der Waals surface area (Å²) >= 11 is 0. The van der Waals surface area contributed by atoms with Gasteiger partial charge in [-0.25, -0.2) is 9.78 Å². The van der Waals surface area contributed by atoms with Crippen LogP contribution in [-0.2, 0) is 4.74 Å². The summed E-state index contributed by atoms with van der Waals surface area (Å²) in [6.07, 6.45) is 6.38. The van der Waals surface area contributed by atoms with Gasteiger partial charge < -0.3 is 9.47 Å². The number of benzene rings is 1. The van der Waals surface area contributed by atoms with Gasteiger partial charge in [-0.3, -0.25) is 10.3 Å². The molecular formula is C21H22N4O3. The van der Waals surface area contributed by atoms with Crippen molar-refractivity contribution in [1.29, 1.82) is 0 Å². The van der Waals surface area contributed by atoms with E-state index in [0.717, 1.165) is 24.0 Å². The number of aryl methyl sites for hydroxylation is 1. The number of nitrogens with zero attached hydrogens (tertiary/aromatic N) is 3. The lowest BCUT2D eigenvalue weighted by Crippen LogP contribution is -2.14. The molecule has 1 aromatic carbocycles. The zero-order valence-electron chi connectivity index (χ0n) is 15.9. The van der Waals surface area contributed by atoms with Gasteiger partial charge in [0.15, 0.2) is 0 Å². The average Bonchev–Trinajstić information content (AvgIpc) is 2.72. The normalized spacial score (nSPS) is 10.4. The molecule has 2 aromatic heterocycles. The molecule has 2 heterocycles. The minimum absolute atomic E-state index is 0.215. The second-order valence-electron chi connectivity index (χ2n) is 6.16. The van der Waals surface area contributed by atoms with Crippen molar-refractivity contribution < 1.29 is 14.3 Å². The molecule has 28 heavy (non-hydrogen) atoms. The number of carbonyl (C=O) groups is 1. The Hall–Kier alpha value is -3.48. The lowest BCUT2D eigenvalue weighted by Gasteiger charge is -2.11. The van der Waals surface area contributed by atoms with Crippen LogP contribution in [0.1, 0.15) is 25.3 Å². The van der Waals surface area contributed by atoms with Crippen LogP contribution in [0.4, 0.5) is 10.5 Å². The van der Waals surface area contributed by atoms with Gasteiger partial charge in [-0.1, -0.05) is 19.4 Å². The summed E-state index contributed by atoms with van der Waals surface area (Å²) in [7, 11) is 0. The molecule has 0 saturated carbocycles. The van der Waals surface area contributed by atoms with E-state index in [1.54, 1.807) is 36.8 Å². The van der Waals surface area contributed by atoms with Crippen LogP contribution in [0.5, 0.6) is 11.8 Å². The van der Waals surface area contributed by atoms with Crippen molar-refractivity contribution in [1.82, 2.24) is 15.0 Å². The number of hydrogen-bond donors (Lipinski definition) is 1. The summed E-state index contributed by atoms with van der Waals surface area (Å²) in [5.74, 6) is 0.551. The van der Waals surface area contributed by atoms with Gasteiger partial charge in [0.1, 0.15) is 5.75 Å². The van der Waals surface area contributed by atoms with Crippen LogP contribution in [0.3, 0.4) is 0 Å². The highest BCUT2D eigenvalue weighted by atomic mass is 16.5. The molecule has 7 heteroatoms. The minimum atomic E-state index is -0.488. The number of unbranched alkanes of at least 4 members (excludes halogenated alkanes) is 1. The molecule has 3 aromatic rings. The van der Waals surface area contributed by atoms with Gasteiger partial charge >= 0.3 is 12.1 Å². The number of hydrogen-bond acceptors (Lipinski definition) is 6. The van der Waals surface area contributed by atoms with Crippen molar-refractivity contribution in [2.75, 3.05) is 11.9 Å². The lowest BCUT2D eigenvalue weighted by molar-refractivity contribution is 0.160. The highest BCUT2D eigenvalue weighted by Gasteiger charge is 2.09. The first-order valence-corrected chi connectivity index (χ1v) is 9.11. The first kappa shape index (κ1) is 19.3. The van der Waals surface area contributed by atoms with Crippen molar-refractivity contribution >= 4 is 11.8 Å². The summed E-state index contributed by atoms with van der Waals surface area (Å²) in [6, 6.07) is 11.1. The van der Waals surface area contributed by atoms with E-state index in [9.17, 15) is 4.79 Å². The van der Waals surface area contributed by atoms with Crippen LogP contribution < -0.4 is 10.1 Å². The first-order chi connectivity index (χ1) is 13.7. The molecule has 1 N–H and O–H groups in total. The molecule has 0 aliphatic carbocycles. The fourth-order valence-electron chi connectivity index (χ4n) is 2.41. The number of pyridine rings is 1. The molecule has 0 fully saturated rings. The van der Waals surface area contributed by atoms with E-state index in [-0.39, 0.29) is 6.01 Å². The molecule has 3 rings (SSSR count). The van der Waals surface area contributed by atoms with Crippen molar-refractivity contribution in [2.24, 2.45) is 0 Å². The van der Waals surface area contributed by atoms with Crippen LogP contribution in [0, 0.1) is 6.92 Å². The zero-order chi connectivity index (χ0) is 19.8. The van der Waals surface area contributed by atoms with E-state index in [0.29, 0.717) is 23.7 Å². The third kappa shape index (κ3) is 5.26. The van der Waals surface area contributed by atoms with Gasteiger partial charge in [-0.15, -0.1) is 0 Å². The Morgan fingerprint density at radius 3 is 2.86 bits per heavy atom. The minimum Gasteiger partial charge on any atom is -0.449 e. The third-order valence-corrected chi connectivity index (χ3v) is 3.96. The maximum Gasteiger partial charge on any atom is 0.411 e. The summed E-state index contributed by atoms with van der Waals surface area (Å²) in [5.41, 5.74) is 3.05. The molecule has 0 atom stereocenters. The molecule has 0 aliphatic rings. The molecule has 1 amide bonds. The quantitative estimate of drug-likeness (QED) is 0.583. The molecular weight excluding hydrogens is 356 g/mol. The molecule has 0 unspecified atom stereocenters. The van der Waals surface area contributed by atoms with Crippen LogP contribution >= 0.6 is 0 Å². The summed E-state index contributed by atoms with van der Waals surface area (Å²) < 4.78 is 11.0. The van der Waals surface area contributed by atoms with Crippen LogP contribution in [0.2, 0.25) is 0 Å². The van der Waals surface area contributed by atoms with Crippen molar-refractivity contribution in [3.8, 4) is 23.0 Å². The highest BCUT2D eigenvalue weighted by Crippen LogP contribution is 2.27. The van der Waals surface area contributed by atoms with Gasteiger partial charge in [0.2, 0.25) is 0 Å². The summed E-state index contributed by atoms with van der Waals surface area (Å²) in [5, 5.41) is 2.70. The predicted octanol–water partition coefficient (Wildman–Crippen LogP) is 4.99. The molecule has 0 aliphatic heterocycles. The van der Waals surface area contributed by atoms with E-state index in [1.807, 2.05) is 32.0 Å². The van der Waals surface area contributed by atoms with Crippen molar-refractivity contribution in [3.05, 3.63) is 60.6 Å². The van der Waals surface area contributed by atoms with E-state index in [1.165, 1.54) is 0 Å². The second kappa shape index (κ2) is 9.45. The number of rotatable bonds is 7. The van der Waals surface area contributed by atoms with Crippen LogP contribution in [0.15, 0.2) is 55.0 Å². The highest BCUT2D eigenvalue weighted by molar-refractivity contribution is 5.85. The second-order valence-corrected chi connectivity index (χ2v) is 6.16. The zero-order valence-corrected chi connectivity index (χ0v) is 15.9. The van der Waals surface area contributed by atoms with Gasteiger partial charge in [0.25, 0.3) is 0 Å². The van der Waals surface area contributed by atoms with Gasteiger partial charge in [-0.2, -0.15) is 4.98 Å². The number of anilines is 1. The number of carbonyl (C=O) groups excluding carboxylic acids is 1. The fourth-order valence-corrected chi connectivity index (χ4v) is 2.41. The Morgan fingerprint density at radius 1 is 1.18 bits per heavy atom. The smallest absolute Gasteiger partial charge is 0.411 e. The topological polar surface area (TPSA) is 86.2 Å². The number of ether oxygens (including phenoxy) is 2. The van der Waals surface area contributed by atoms with Crippen LogP contribution in [-0.4, -0.2) is 27.7 Å². The SMILES string of the molecule is CCCCOC(=O)Nc1ccc(C)c(Oc2nccc(-c3cccnc3)n2)c1. The standard InChI is InChI=1S/C21H22N4O3/c1-3-4-12-27-21(26)24-17-8-7-15(2)19(13-17)28-20-23-11-9-18(25-20)16-6-5-10-22-14-16/h5-11,13-14H,3-4,12H2,1-2H3,(H,24,26). The molecule has 0 saturated heterocycles. The molecule has 144 valence electrons. The Balaban J connectivity index is 1.73. The Morgan fingerprint density at radius 2 is 2.07 bits per heavy atom. The van der Waals surface area contributed by atoms with E-state index < -0.39 is 6.09 Å². The van der Waals surface area contributed by atoms with Gasteiger partial charge in [-0.05, 0) is 43.2 Å². The molecule has 0 bridgehead atoms. The van der Waals surface area contributed by atoms with Crippen molar-refractivity contribution in [3.63, 3.8) is 0 Å². The maximum atomic E-state index is 11.8. The molecule has 7 nitrogen and oxygen atoms in total. The predicted molar refractivity (Wildman–Crippen MR) is 106 cm³/mol. The van der Waals surface area contributed by atoms with Crippen molar-refractivity contribution in [2.45, 2.75) is 26.7 Å². The average molecular weight is 378 g/mol. The fraction of sp³-hybridized carbons (Fsp3) is 0.238. The molecule has 0 radical (unpaired) electrons. The Bertz CT molecular complexity index is 932.